The number of pyridine rings is 1. The van der Waals surface area contributed by atoms with Gasteiger partial charge in [-0.25, -0.2) is 9.48 Å². The van der Waals surface area contributed by atoms with Gasteiger partial charge in [-0.3, -0.25) is 9.78 Å². The van der Waals surface area contributed by atoms with Gasteiger partial charge in [0.05, 0.1) is 17.0 Å². The molecule has 0 unspecified atom stereocenters. The molecule has 0 saturated carbocycles. The van der Waals surface area contributed by atoms with E-state index in [1.54, 1.807) is 36.7 Å². The minimum atomic E-state index is -1.12. The Morgan fingerprint density at radius 3 is 2.54 bits per heavy atom. The van der Waals surface area contributed by atoms with E-state index in [1.807, 2.05) is 18.2 Å². The molecular weight excluding hydrogens is 306 g/mol. The number of hydrogen-bond acceptors (Lipinski definition) is 4. The second-order valence-corrected chi connectivity index (χ2v) is 4.97. The molecule has 2 heterocycles. The molecule has 1 aromatic carbocycles. The summed E-state index contributed by atoms with van der Waals surface area (Å²) in [6, 6.07) is 14.0. The molecule has 0 atom stereocenters. The molecule has 0 aliphatic heterocycles. The predicted molar refractivity (Wildman–Crippen MR) is 88.7 cm³/mol. The van der Waals surface area contributed by atoms with Gasteiger partial charge in [-0.05, 0) is 35.9 Å². The molecule has 3 aromatic rings. The van der Waals surface area contributed by atoms with Crippen LogP contribution in [0.2, 0.25) is 0 Å². The summed E-state index contributed by atoms with van der Waals surface area (Å²) in [7, 11) is 0. The lowest BCUT2D eigenvalue weighted by Crippen LogP contribution is -2.07. The van der Waals surface area contributed by atoms with Crippen LogP contribution in [0.1, 0.15) is 21.7 Å². The van der Waals surface area contributed by atoms with E-state index in [9.17, 15) is 14.7 Å². The van der Waals surface area contributed by atoms with Gasteiger partial charge in [0.2, 0.25) is 0 Å². The average Bonchev–Trinajstić information content (AvgIpc) is 3.05. The highest BCUT2D eigenvalue weighted by molar-refractivity contribution is 6.20. The number of hydrogen-bond donors (Lipinski definition) is 1. The summed E-state index contributed by atoms with van der Waals surface area (Å²) in [5.41, 5.74) is 1.81. The van der Waals surface area contributed by atoms with E-state index in [-0.39, 0.29) is 11.3 Å². The molecule has 24 heavy (non-hydrogen) atoms. The fourth-order valence-corrected chi connectivity index (χ4v) is 2.29. The number of rotatable bonds is 5. The minimum Gasteiger partial charge on any atom is -0.478 e. The van der Waals surface area contributed by atoms with Crippen molar-refractivity contribution in [2.75, 3.05) is 0 Å². The quantitative estimate of drug-likeness (QED) is 0.577. The summed E-state index contributed by atoms with van der Waals surface area (Å²) in [5.74, 6) is -1.12. The van der Waals surface area contributed by atoms with Crippen molar-refractivity contribution in [3.63, 3.8) is 0 Å². The molecule has 0 fully saturated rings. The predicted octanol–water partition coefficient (Wildman–Crippen LogP) is 2.71. The number of carbonyl (C=O) groups is 2. The Bertz CT molecular complexity index is 900. The number of aliphatic carboxylic acids is 1. The highest BCUT2D eigenvalue weighted by atomic mass is 16.4. The summed E-state index contributed by atoms with van der Waals surface area (Å²) in [4.78, 5) is 26.8. The van der Waals surface area contributed by atoms with E-state index in [0.29, 0.717) is 23.2 Å². The first-order chi connectivity index (χ1) is 11.7. The van der Waals surface area contributed by atoms with E-state index < -0.39 is 5.97 Å². The van der Waals surface area contributed by atoms with Gasteiger partial charge in [0, 0.05) is 12.4 Å². The molecule has 0 radical (unpaired) electrons. The van der Waals surface area contributed by atoms with E-state index in [0.717, 1.165) is 0 Å². The third-order valence-electron chi connectivity index (χ3n) is 3.35. The zero-order chi connectivity index (χ0) is 16.9. The molecular formula is C18H13N3O3. The number of carboxylic acids is 1. The highest BCUT2D eigenvalue weighted by Crippen LogP contribution is 2.22. The third-order valence-corrected chi connectivity index (χ3v) is 3.35. The van der Waals surface area contributed by atoms with Crippen molar-refractivity contribution in [1.82, 2.24) is 14.8 Å². The van der Waals surface area contributed by atoms with E-state index in [1.165, 1.54) is 16.8 Å². The second-order valence-electron chi connectivity index (χ2n) is 4.97. The molecule has 0 aliphatic rings. The third kappa shape index (κ3) is 3.12. The lowest BCUT2D eigenvalue weighted by molar-refractivity contribution is -0.130. The maximum Gasteiger partial charge on any atom is 0.337 e. The van der Waals surface area contributed by atoms with Crippen molar-refractivity contribution in [2.45, 2.75) is 0 Å². The van der Waals surface area contributed by atoms with Crippen LogP contribution in [0.25, 0.3) is 17.3 Å². The summed E-state index contributed by atoms with van der Waals surface area (Å²) in [6.45, 7) is 0. The van der Waals surface area contributed by atoms with Gasteiger partial charge in [-0.1, -0.05) is 24.3 Å². The number of aldehydes is 1. The van der Waals surface area contributed by atoms with Gasteiger partial charge in [0.25, 0.3) is 0 Å². The van der Waals surface area contributed by atoms with Crippen molar-refractivity contribution < 1.29 is 14.7 Å². The van der Waals surface area contributed by atoms with Gasteiger partial charge in [0.1, 0.15) is 5.69 Å². The van der Waals surface area contributed by atoms with E-state index in [4.69, 9.17) is 0 Å². The molecule has 0 bridgehead atoms. The lowest BCUT2D eigenvalue weighted by Gasteiger charge is -2.08. The molecule has 0 saturated heterocycles. The van der Waals surface area contributed by atoms with Crippen LogP contribution in [0.15, 0.2) is 60.9 Å². The van der Waals surface area contributed by atoms with Crippen LogP contribution < -0.4 is 0 Å². The Kier molecular flexibility index (Phi) is 4.29. The molecule has 0 amide bonds. The summed E-state index contributed by atoms with van der Waals surface area (Å²) in [6.07, 6.45) is 5.26. The fraction of sp³-hybridized carbons (Fsp3) is 0. The fourth-order valence-electron chi connectivity index (χ4n) is 2.29. The smallest absolute Gasteiger partial charge is 0.337 e. The largest absolute Gasteiger partial charge is 0.478 e. The monoisotopic (exact) mass is 319 g/mol. The molecule has 1 N–H and O–H groups in total. The summed E-state index contributed by atoms with van der Waals surface area (Å²) < 4.78 is 1.44. The van der Waals surface area contributed by atoms with Crippen LogP contribution in [-0.2, 0) is 4.79 Å². The molecule has 6 heteroatoms. The Morgan fingerprint density at radius 1 is 1.12 bits per heavy atom. The summed E-state index contributed by atoms with van der Waals surface area (Å²) in [5, 5.41) is 13.8. The number of nitrogens with zero attached hydrogens (tertiary/aromatic N) is 3. The normalized spacial score (nSPS) is 11.2. The van der Waals surface area contributed by atoms with Crippen molar-refractivity contribution in [3.8, 4) is 5.69 Å². The number of para-hydroxylation sites is 1. The SMILES string of the molecule is O=Cc1cc(C(=Cc2cccnc2)C(=O)O)n(-c2ccccc2)n1. The molecule has 6 nitrogen and oxygen atoms in total. The summed E-state index contributed by atoms with van der Waals surface area (Å²) >= 11 is 0. The number of benzene rings is 1. The Hall–Kier alpha value is -3.54. The molecule has 0 aliphatic carbocycles. The number of carboxylic acid groups (broad SMARTS) is 1. The van der Waals surface area contributed by atoms with Crippen LogP contribution >= 0.6 is 0 Å². The van der Waals surface area contributed by atoms with Crippen LogP contribution in [0, 0.1) is 0 Å². The first kappa shape index (κ1) is 15.4. The van der Waals surface area contributed by atoms with E-state index in [2.05, 4.69) is 10.1 Å². The van der Waals surface area contributed by atoms with Gasteiger partial charge < -0.3 is 5.11 Å². The van der Waals surface area contributed by atoms with Gasteiger partial charge >= 0.3 is 5.97 Å². The molecule has 0 spiro atoms. The van der Waals surface area contributed by atoms with E-state index >= 15 is 0 Å². The zero-order valence-electron chi connectivity index (χ0n) is 12.5. The van der Waals surface area contributed by atoms with Crippen molar-refractivity contribution >= 4 is 23.9 Å². The van der Waals surface area contributed by atoms with Crippen LogP contribution in [-0.4, -0.2) is 32.1 Å². The maximum atomic E-state index is 11.8. The van der Waals surface area contributed by atoms with Gasteiger partial charge in [-0.2, -0.15) is 5.10 Å². The molecule has 118 valence electrons. The number of aromatic nitrogens is 3. The standard InChI is InChI=1S/C18H13N3O3/c22-12-14-10-17(21(20-14)15-6-2-1-3-7-15)16(18(23)24)9-13-5-4-8-19-11-13/h1-12H,(H,23,24). The van der Waals surface area contributed by atoms with Gasteiger partial charge in [-0.15, -0.1) is 0 Å². The van der Waals surface area contributed by atoms with Crippen LogP contribution in [0.3, 0.4) is 0 Å². The topological polar surface area (TPSA) is 85.1 Å². The Balaban J connectivity index is 2.19. The highest BCUT2D eigenvalue weighted by Gasteiger charge is 2.19. The second kappa shape index (κ2) is 6.70. The van der Waals surface area contributed by atoms with Gasteiger partial charge in [0.15, 0.2) is 6.29 Å². The van der Waals surface area contributed by atoms with Crippen molar-refractivity contribution in [2.24, 2.45) is 0 Å². The Morgan fingerprint density at radius 2 is 1.92 bits per heavy atom. The minimum absolute atomic E-state index is 0.0208. The average molecular weight is 319 g/mol. The van der Waals surface area contributed by atoms with Crippen LogP contribution in [0.4, 0.5) is 0 Å². The first-order valence-corrected chi connectivity index (χ1v) is 7.15. The first-order valence-electron chi connectivity index (χ1n) is 7.15. The Labute approximate surface area is 137 Å². The van der Waals surface area contributed by atoms with Crippen molar-refractivity contribution in [1.29, 1.82) is 0 Å². The van der Waals surface area contributed by atoms with Crippen LogP contribution in [0.5, 0.6) is 0 Å². The zero-order valence-corrected chi connectivity index (χ0v) is 12.5. The maximum absolute atomic E-state index is 11.8. The molecule has 2 aromatic heterocycles. The molecule has 3 rings (SSSR count). The van der Waals surface area contributed by atoms with Crippen molar-refractivity contribution in [3.05, 3.63) is 77.9 Å². The number of carbonyl (C=O) groups excluding carboxylic acids is 1. The lowest BCUT2D eigenvalue weighted by atomic mass is 10.1.